The quantitative estimate of drug-likeness (QED) is 0.607. The fourth-order valence-electron chi connectivity index (χ4n) is 1.92. The zero-order chi connectivity index (χ0) is 18.8. The van der Waals surface area contributed by atoms with Crippen molar-refractivity contribution >= 4 is 27.1 Å². The van der Waals surface area contributed by atoms with Crippen LogP contribution < -0.4 is 9.46 Å². The highest BCUT2D eigenvalue weighted by Gasteiger charge is 2.24. The number of methoxy groups -OCH3 is 1. The van der Waals surface area contributed by atoms with E-state index in [0.717, 1.165) is 30.3 Å². The molecule has 0 spiro atoms. The molecule has 132 valence electrons. The van der Waals surface area contributed by atoms with Gasteiger partial charge in [0.25, 0.3) is 15.7 Å². The van der Waals surface area contributed by atoms with Gasteiger partial charge in [-0.2, -0.15) is 4.39 Å². The van der Waals surface area contributed by atoms with E-state index in [1.54, 1.807) is 0 Å². The van der Waals surface area contributed by atoms with Gasteiger partial charge in [-0.3, -0.25) is 25.0 Å². The van der Waals surface area contributed by atoms with Crippen LogP contribution in [0.4, 0.5) is 21.5 Å². The molecule has 0 saturated heterocycles. The molecule has 0 bridgehead atoms. The fourth-order valence-corrected chi connectivity index (χ4v) is 3.15. The molecular formula is C13H10FN3O7S. The molecule has 0 amide bonds. The van der Waals surface area contributed by atoms with Crippen LogP contribution in [0.25, 0.3) is 0 Å². The van der Waals surface area contributed by atoms with Crippen LogP contribution in [0.5, 0.6) is 5.75 Å². The summed E-state index contributed by atoms with van der Waals surface area (Å²) in [5.74, 6) is -1.31. The van der Waals surface area contributed by atoms with E-state index in [1.165, 1.54) is 7.11 Å². The molecule has 25 heavy (non-hydrogen) atoms. The topological polar surface area (TPSA) is 142 Å². The normalized spacial score (nSPS) is 11.0. The summed E-state index contributed by atoms with van der Waals surface area (Å²) in [5, 5.41) is 21.6. The number of nitro benzene ring substituents is 2. The third kappa shape index (κ3) is 3.80. The molecular weight excluding hydrogens is 361 g/mol. The van der Waals surface area contributed by atoms with E-state index in [1.807, 2.05) is 4.72 Å². The number of rotatable bonds is 6. The molecule has 0 aliphatic heterocycles. The minimum absolute atomic E-state index is 0.172. The van der Waals surface area contributed by atoms with Gasteiger partial charge >= 0.3 is 5.69 Å². The number of halogens is 1. The van der Waals surface area contributed by atoms with Crippen molar-refractivity contribution in [2.24, 2.45) is 0 Å². The Bertz CT molecular complexity index is 962. The third-order valence-electron chi connectivity index (χ3n) is 3.04. The van der Waals surface area contributed by atoms with Crippen molar-refractivity contribution in [1.82, 2.24) is 0 Å². The Morgan fingerprint density at radius 2 is 1.76 bits per heavy atom. The van der Waals surface area contributed by atoms with Crippen LogP contribution >= 0.6 is 0 Å². The monoisotopic (exact) mass is 371 g/mol. The lowest BCUT2D eigenvalue weighted by Gasteiger charge is -2.11. The van der Waals surface area contributed by atoms with E-state index in [9.17, 15) is 33.0 Å². The standard InChI is InChI=1S/C13H10FN3O7S/c1-24-12-5-3-9(16(18)19)7-13(12)25(22,23)15-8-2-4-10(14)11(6-8)17(20)21/h2-7,15H,1H3. The molecule has 10 nitrogen and oxygen atoms in total. The summed E-state index contributed by atoms with van der Waals surface area (Å²) in [7, 11) is -3.22. The third-order valence-corrected chi connectivity index (χ3v) is 4.45. The fraction of sp³-hybridized carbons (Fsp3) is 0.0769. The lowest BCUT2D eigenvalue weighted by Crippen LogP contribution is -2.14. The SMILES string of the molecule is COc1ccc([N+](=O)[O-])cc1S(=O)(=O)Nc1ccc(F)c([N+](=O)[O-])c1. The van der Waals surface area contributed by atoms with E-state index in [0.29, 0.717) is 6.07 Å². The highest BCUT2D eigenvalue weighted by Crippen LogP contribution is 2.30. The Balaban J connectivity index is 2.49. The van der Waals surface area contributed by atoms with Crippen LogP contribution in [0.15, 0.2) is 41.3 Å². The first kappa shape index (κ1) is 18.1. The van der Waals surface area contributed by atoms with Crippen LogP contribution in [0.1, 0.15) is 0 Å². The number of hydrogen-bond acceptors (Lipinski definition) is 7. The zero-order valence-electron chi connectivity index (χ0n) is 12.5. The Labute approximate surface area is 140 Å². The van der Waals surface area contributed by atoms with E-state index in [-0.39, 0.29) is 11.4 Å². The van der Waals surface area contributed by atoms with Gasteiger partial charge in [0.15, 0.2) is 0 Å². The molecule has 2 aromatic carbocycles. The second-order valence-electron chi connectivity index (χ2n) is 4.62. The molecule has 0 heterocycles. The summed E-state index contributed by atoms with van der Waals surface area (Å²) in [6, 6.07) is 5.32. The average Bonchev–Trinajstić information content (AvgIpc) is 2.55. The van der Waals surface area contributed by atoms with Gasteiger partial charge in [0.1, 0.15) is 10.6 Å². The number of nitrogens with zero attached hydrogens (tertiary/aromatic N) is 2. The van der Waals surface area contributed by atoms with Gasteiger partial charge in [-0.25, -0.2) is 8.42 Å². The molecule has 0 aromatic heterocycles. The molecule has 0 atom stereocenters. The summed E-state index contributed by atoms with van der Waals surface area (Å²) < 4.78 is 45.1. The summed E-state index contributed by atoms with van der Waals surface area (Å²) in [4.78, 5) is 19.2. The van der Waals surface area contributed by atoms with Gasteiger partial charge in [0, 0.05) is 18.2 Å². The van der Waals surface area contributed by atoms with Crippen molar-refractivity contribution in [3.05, 3.63) is 62.4 Å². The predicted octanol–water partition coefficient (Wildman–Crippen LogP) is 2.45. The molecule has 0 unspecified atom stereocenters. The number of sulfonamides is 1. The number of anilines is 1. The molecule has 12 heteroatoms. The maximum Gasteiger partial charge on any atom is 0.306 e. The number of hydrogen-bond donors (Lipinski definition) is 1. The van der Waals surface area contributed by atoms with Crippen LogP contribution in [0.2, 0.25) is 0 Å². The maximum absolute atomic E-state index is 13.3. The number of ether oxygens (including phenoxy) is 1. The van der Waals surface area contributed by atoms with E-state index in [2.05, 4.69) is 0 Å². The van der Waals surface area contributed by atoms with E-state index < -0.39 is 42.0 Å². The molecule has 0 saturated carbocycles. The van der Waals surface area contributed by atoms with Gasteiger partial charge < -0.3 is 4.74 Å². The first-order chi connectivity index (χ1) is 11.7. The van der Waals surface area contributed by atoms with Crippen molar-refractivity contribution in [3.63, 3.8) is 0 Å². The van der Waals surface area contributed by atoms with Crippen molar-refractivity contribution in [3.8, 4) is 5.75 Å². The smallest absolute Gasteiger partial charge is 0.306 e. The first-order valence-corrected chi connectivity index (χ1v) is 7.93. The van der Waals surface area contributed by atoms with Crippen molar-refractivity contribution < 1.29 is 27.4 Å². The first-order valence-electron chi connectivity index (χ1n) is 6.45. The Kier molecular flexibility index (Phi) is 4.83. The second kappa shape index (κ2) is 6.68. The lowest BCUT2D eigenvalue weighted by molar-refractivity contribution is -0.387. The van der Waals surface area contributed by atoms with Gasteiger partial charge in [0.2, 0.25) is 5.82 Å². The largest absolute Gasteiger partial charge is 0.495 e. The molecule has 0 radical (unpaired) electrons. The van der Waals surface area contributed by atoms with E-state index >= 15 is 0 Å². The minimum Gasteiger partial charge on any atom is -0.495 e. The second-order valence-corrected chi connectivity index (χ2v) is 6.27. The van der Waals surface area contributed by atoms with Crippen molar-refractivity contribution in [1.29, 1.82) is 0 Å². The molecule has 0 fully saturated rings. The van der Waals surface area contributed by atoms with Crippen LogP contribution in [-0.2, 0) is 10.0 Å². The van der Waals surface area contributed by atoms with Crippen molar-refractivity contribution in [2.45, 2.75) is 4.90 Å². The van der Waals surface area contributed by atoms with Crippen LogP contribution in [-0.4, -0.2) is 25.4 Å². The summed E-state index contributed by atoms with van der Waals surface area (Å²) in [6.07, 6.45) is 0. The minimum atomic E-state index is -4.39. The highest BCUT2D eigenvalue weighted by molar-refractivity contribution is 7.92. The highest BCUT2D eigenvalue weighted by atomic mass is 32.2. The van der Waals surface area contributed by atoms with Gasteiger partial charge in [0.05, 0.1) is 22.6 Å². The molecule has 0 aliphatic rings. The van der Waals surface area contributed by atoms with Crippen LogP contribution in [0.3, 0.4) is 0 Å². The maximum atomic E-state index is 13.3. The predicted molar refractivity (Wildman–Crippen MR) is 83.5 cm³/mol. The average molecular weight is 371 g/mol. The Morgan fingerprint density at radius 1 is 1.08 bits per heavy atom. The number of benzene rings is 2. The van der Waals surface area contributed by atoms with Gasteiger partial charge in [-0.1, -0.05) is 0 Å². The molecule has 2 rings (SSSR count). The number of nitro groups is 2. The van der Waals surface area contributed by atoms with Gasteiger partial charge in [-0.15, -0.1) is 0 Å². The van der Waals surface area contributed by atoms with E-state index in [4.69, 9.17) is 4.74 Å². The van der Waals surface area contributed by atoms with Crippen LogP contribution in [0, 0.1) is 26.0 Å². The number of non-ortho nitro benzene ring substituents is 1. The Morgan fingerprint density at radius 3 is 2.32 bits per heavy atom. The summed E-state index contributed by atoms with van der Waals surface area (Å²) in [6.45, 7) is 0. The Hall–Kier alpha value is -3.28. The zero-order valence-corrected chi connectivity index (χ0v) is 13.3. The van der Waals surface area contributed by atoms with Gasteiger partial charge in [-0.05, 0) is 18.2 Å². The number of nitrogens with one attached hydrogen (secondary N) is 1. The molecule has 1 N–H and O–H groups in total. The summed E-state index contributed by atoms with van der Waals surface area (Å²) >= 11 is 0. The van der Waals surface area contributed by atoms with Crippen molar-refractivity contribution in [2.75, 3.05) is 11.8 Å². The molecule has 0 aliphatic carbocycles. The molecule has 2 aromatic rings. The summed E-state index contributed by atoms with van der Waals surface area (Å²) in [5.41, 5.74) is -1.71. The lowest BCUT2D eigenvalue weighted by atomic mass is 10.3.